The highest BCUT2D eigenvalue weighted by atomic mass is 32.1. The molecule has 0 bridgehead atoms. The summed E-state index contributed by atoms with van der Waals surface area (Å²) in [7, 11) is 0. The SMILES string of the molecule is O=c1[nH]cc(C(O)c2cccs2)c(=O)[nH]1. The van der Waals surface area contributed by atoms with Crippen molar-refractivity contribution >= 4 is 11.3 Å². The molecule has 0 aromatic carbocycles. The maximum absolute atomic E-state index is 11.3. The second kappa shape index (κ2) is 3.84. The number of aliphatic hydroxyl groups is 1. The molecule has 78 valence electrons. The van der Waals surface area contributed by atoms with Crippen LogP contribution in [0.25, 0.3) is 0 Å². The van der Waals surface area contributed by atoms with Gasteiger partial charge in [0.2, 0.25) is 0 Å². The zero-order valence-electron chi connectivity index (χ0n) is 7.56. The number of thiophene rings is 1. The van der Waals surface area contributed by atoms with Crippen LogP contribution in [0.4, 0.5) is 0 Å². The Hall–Kier alpha value is -1.66. The van der Waals surface area contributed by atoms with Crippen LogP contribution in [0, 0.1) is 0 Å². The van der Waals surface area contributed by atoms with Crippen molar-refractivity contribution in [3.8, 4) is 0 Å². The van der Waals surface area contributed by atoms with Crippen molar-refractivity contribution in [2.24, 2.45) is 0 Å². The predicted octanol–water partition coefficient (Wildman–Crippen LogP) is 0.206. The van der Waals surface area contributed by atoms with Gasteiger partial charge >= 0.3 is 5.69 Å². The summed E-state index contributed by atoms with van der Waals surface area (Å²) in [5, 5.41) is 11.6. The Labute approximate surface area is 88.1 Å². The van der Waals surface area contributed by atoms with Crippen molar-refractivity contribution in [2.45, 2.75) is 6.10 Å². The molecule has 5 nitrogen and oxygen atoms in total. The number of aliphatic hydroxyl groups excluding tert-OH is 1. The lowest BCUT2D eigenvalue weighted by molar-refractivity contribution is 0.222. The summed E-state index contributed by atoms with van der Waals surface area (Å²) in [5.41, 5.74) is -1.01. The number of hydrogen-bond acceptors (Lipinski definition) is 4. The minimum atomic E-state index is -0.995. The first-order chi connectivity index (χ1) is 7.18. The van der Waals surface area contributed by atoms with Gasteiger partial charge in [-0.15, -0.1) is 11.3 Å². The van der Waals surface area contributed by atoms with E-state index in [1.165, 1.54) is 17.5 Å². The molecule has 0 aliphatic carbocycles. The van der Waals surface area contributed by atoms with Crippen LogP contribution < -0.4 is 11.2 Å². The van der Waals surface area contributed by atoms with E-state index in [0.717, 1.165) is 0 Å². The van der Waals surface area contributed by atoms with Gasteiger partial charge in [-0.05, 0) is 11.4 Å². The molecule has 2 heterocycles. The van der Waals surface area contributed by atoms with Gasteiger partial charge in [0.15, 0.2) is 0 Å². The van der Waals surface area contributed by atoms with E-state index in [0.29, 0.717) is 4.88 Å². The first-order valence-electron chi connectivity index (χ1n) is 4.22. The second-order valence-corrected chi connectivity index (χ2v) is 3.92. The maximum Gasteiger partial charge on any atom is 0.325 e. The Morgan fingerprint density at radius 1 is 1.40 bits per heavy atom. The molecule has 1 unspecified atom stereocenters. The average molecular weight is 224 g/mol. The Bertz CT molecular complexity index is 555. The number of hydrogen-bond donors (Lipinski definition) is 3. The van der Waals surface area contributed by atoms with Crippen LogP contribution in [0.3, 0.4) is 0 Å². The summed E-state index contributed by atoms with van der Waals surface area (Å²) >= 11 is 1.34. The maximum atomic E-state index is 11.3. The number of rotatable bonds is 2. The minimum absolute atomic E-state index is 0.136. The van der Waals surface area contributed by atoms with Gasteiger partial charge in [-0.1, -0.05) is 6.07 Å². The minimum Gasteiger partial charge on any atom is -0.383 e. The summed E-state index contributed by atoms with van der Waals surface area (Å²) in [6.07, 6.45) is 0.233. The van der Waals surface area contributed by atoms with Crippen LogP contribution in [0.5, 0.6) is 0 Å². The third-order valence-electron chi connectivity index (χ3n) is 1.96. The van der Waals surface area contributed by atoms with Crippen LogP contribution in [0.15, 0.2) is 33.3 Å². The molecule has 0 radical (unpaired) electrons. The summed E-state index contributed by atoms with van der Waals surface area (Å²) in [5.74, 6) is 0. The molecule has 0 aliphatic rings. The number of H-pyrrole nitrogens is 2. The highest BCUT2D eigenvalue weighted by molar-refractivity contribution is 7.10. The van der Waals surface area contributed by atoms with Gasteiger partial charge in [-0.25, -0.2) is 4.79 Å². The van der Waals surface area contributed by atoms with Crippen molar-refractivity contribution < 1.29 is 5.11 Å². The van der Waals surface area contributed by atoms with E-state index in [2.05, 4.69) is 9.97 Å². The Kier molecular flexibility index (Phi) is 2.53. The summed E-state index contributed by atoms with van der Waals surface area (Å²) < 4.78 is 0. The first kappa shape index (κ1) is 9.88. The average Bonchev–Trinajstić information content (AvgIpc) is 2.69. The molecule has 1 atom stereocenters. The van der Waals surface area contributed by atoms with E-state index in [1.54, 1.807) is 17.5 Å². The van der Waals surface area contributed by atoms with Crippen molar-refractivity contribution in [3.05, 3.63) is 55.0 Å². The molecule has 15 heavy (non-hydrogen) atoms. The smallest absolute Gasteiger partial charge is 0.325 e. The molecular weight excluding hydrogens is 216 g/mol. The van der Waals surface area contributed by atoms with Gasteiger partial charge in [0.25, 0.3) is 5.56 Å². The number of aromatic amines is 2. The molecule has 2 aromatic rings. The molecule has 6 heteroatoms. The lowest BCUT2D eigenvalue weighted by atomic mass is 10.1. The Morgan fingerprint density at radius 2 is 2.20 bits per heavy atom. The van der Waals surface area contributed by atoms with Gasteiger partial charge in [-0.2, -0.15) is 0 Å². The van der Waals surface area contributed by atoms with Crippen LogP contribution in [-0.2, 0) is 0 Å². The van der Waals surface area contributed by atoms with Crippen molar-refractivity contribution in [2.75, 3.05) is 0 Å². The van der Waals surface area contributed by atoms with Crippen LogP contribution >= 0.6 is 11.3 Å². The van der Waals surface area contributed by atoms with E-state index in [-0.39, 0.29) is 5.56 Å². The van der Waals surface area contributed by atoms with Gasteiger partial charge in [0.05, 0.1) is 5.56 Å². The molecule has 0 saturated carbocycles. The van der Waals surface area contributed by atoms with Gasteiger partial charge < -0.3 is 10.1 Å². The molecule has 3 N–H and O–H groups in total. The monoisotopic (exact) mass is 224 g/mol. The fourth-order valence-electron chi connectivity index (χ4n) is 1.22. The zero-order valence-corrected chi connectivity index (χ0v) is 8.38. The van der Waals surface area contributed by atoms with E-state index in [4.69, 9.17) is 0 Å². The number of aromatic nitrogens is 2. The van der Waals surface area contributed by atoms with E-state index in [1.807, 2.05) is 0 Å². The fraction of sp³-hybridized carbons (Fsp3) is 0.111. The largest absolute Gasteiger partial charge is 0.383 e. The van der Waals surface area contributed by atoms with Gasteiger partial charge in [0.1, 0.15) is 6.10 Å². The standard InChI is InChI=1S/C9H8N2O3S/c12-7(6-2-1-3-15-6)5-4-10-9(14)11-8(5)13/h1-4,7,12H,(H2,10,11,13,14). The topological polar surface area (TPSA) is 85.9 Å². The lowest BCUT2D eigenvalue weighted by Gasteiger charge is -2.06. The fourth-order valence-corrected chi connectivity index (χ4v) is 1.95. The molecule has 0 fully saturated rings. The van der Waals surface area contributed by atoms with E-state index < -0.39 is 17.4 Å². The quantitative estimate of drug-likeness (QED) is 0.681. The molecular formula is C9H8N2O3S. The first-order valence-corrected chi connectivity index (χ1v) is 5.10. The van der Waals surface area contributed by atoms with E-state index >= 15 is 0 Å². The lowest BCUT2D eigenvalue weighted by Crippen LogP contribution is -2.26. The van der Waals surface area contributed by atoms with Crippen LogP contribution in [-0.4, -0.2) is 15.1 Å². The number of nitrogens with one attached hydrogen (secondary N) is 2. The zero-order chi connectivity index (χ0) is 10.8. The third-order valence-corrected chi connectivity index (χ3v) is 2.88. The highest BCUT2D eigenvalue weighted by Crippen LogP contribution is 2.22. The molecule has 0 saturated heterocycles. The van der Waals surface area contributed by atoms with Gasteiger partial charge in [0, 0.05) is 11.1 Å². The van der Waals surface area contributed by atoms with Crippen LogP contribution in [0.2, 0.25) is 0 Å². The summed E-state index contributed by atoms with van der Waals surface area (Å²) in [6, 6.07) is 3.50. The normalized spacial score (nSPS) is 12.6. The Balaban J connectivity index is 2.47. The van der Waals surface area contributed by atoms with Gasteiger partial charge in [-0.3, -0.25) is 9.78 Å². The molecule has 0 spiro atoms. The van der Waals surface area contributed by atoms with E-state index in [9.17, 15) is 14.7 Å². The molecule has 0 aliphatic heterocycles. The molecule has 0 amide bonds. The van der Waals surface area contributed by atoms with Crippen molar-refractivity contribution in [1.29, 1.82) is 0 Å². The summed E-state index contributed by atoms with van der Waals surface area (Å²) in [6.45, 7) is 0. The molecule has 2 rings (SSSR count). The third kappa shape index (κ3) is 1.90. The Morgan fingerprint density at radius 3 is 2.80 bits per heavy atom. The van der Waals surface area contributed by atoms with Crippen LogP contribution in [0.1, 0.15) is 16.5 Å². The highest BCUT2D eigenvalue weighted by Gasteiger charge is 2.14. The molecule has 2 aromatic heterocycles. The predicted molar refractivity (Wildman–Crippen MR) is 56.1 cm³/mol. The summed E-state index contributed by atoms with van der Waals surface area (Å²) in [4.78, 5) is 27.1. The van der Waals surface area contributed by atoms with Crippen molar-refractivity contribution in [1.82, 2.24) is 9.97 Å². The van der Waals surface area contributed by atoms with Crippen molar-refractivity contribution in [3.63, 3.8) is 0 Å². The second-order valence-electron chi connectivity index (χ2n) is 2.95.